The van der Waals surface area contributed by atoms with Crippen LogP contribution in [0, 0.1) is 0 Å². The first kappa shape index (κ1) is 64.5. The maximum atomic E-state index is 12.7. The van der Waals surface area contributed by atoms with Crippen molar-refractivity contribution in [1.29, 1.82) is 0 Å². The van der Waals surface area contributed by atoms with Crippen LogP contribution in [0.2, 0.25) is 0 Å². The Morgan fingerprint density at radius 2 is 0.885 bits per heavy atom. The molecule has 0 radical (unpaired) electrons. The molecular weight excluding hydrogens is 1070 g/mol. The largest absolute Gasteiger partial charge is 0.394 e. The van der Waals surface area contributed by atoms with Crippen molar-refractivity contribution in [1.82, 2.24) is 16.0 Å². The third kappa shape index (κ3) is 14.5. The van der Waals surface area contributed by atoms with Crippen LogP contribution in [0.5, 0.6) is 0 Å². The predicted octanol–water partition coefficient (Wildman–Crippen LogP) is -12.6. The standard InChI is InChI=1S/C44H75N3O31/c1-12-23(55)28(60)31(63)42(69-12)75-35-18(7-50)72-40(21(27(35)59)46-14(3)53)78-38-26(58)20(74-44(34(38)66)76-36-19(8-51)73-41(33(65)30(36)62)67-9-16(5-48)45-11-52)10-68-39-22(47-15(4)54)37(25(57)17(6-49)71-39)77-43-32(64)29(61)24(56)13(2)70-43/h11-13,16-44,48-51,55-66H,5-10H2,1-4H3,(H,45,52)(H,46,53)(H,47,54)/t12-,13-,16+,17+,18+,19+,20+,21+,22+,23+,24+,25+,26-,27+,28+,29+,30+,31-,32-,33+,34+,35+,36+,37+,38-,39+,40-,41+,42-,43-,44-/m0/s1. The molecule has 34 nitrogen and oxygen atoms in total. The minimum atomic E-state index is -2.27. The average molecular weight is 1140 g/mol. The molecule has 0 spiro atoms. The average Bonchev–Trinajstić information content (AvgIpc) is 3.43. The Labute approximate surface area is 444 Å². The van der Waals surface area contributed by atoms with Gasteiger partial charge in [-0.15, -0.1) is 0 Å². The summed E-state index contributed by atoms with van der Waals surface area (Å²) in [6.45, 7) is -0.177. The van der Waals surface area contributed by atoms with Crippen LogP contribution >= 0.6 is 0 Å². The zero-order chi connectivity index (χ0) is 57.6. The number of aliphatic hydroxyl groups is 16. The highest BCUT2D eigenvalue weighted by molar-refractivity contribution is 5.73. The molecule has 0 aromatic rings. The SMILES string of the molecule is CC(=O)N[C@H]1[C@H](O[C@H]2[C@@H](O)[C@@H](CO[C@@H]3O[C@H](CO)[C@@H](O)[C@H](O[C@@H]4O[C@@H](C)[C@@H](O)[C@@H](O)[C@@H]4O)[C@H]3NC(C)=O)O[C@@H](O[C@H]3[C@H](O)[C@@H](O)[C@H](OC[C@@H](CO)NC=O)O[C@@H]3CO)[C@@H]2O)O[C@H](CO)[C@@H](O[C@@H]2O[C@@H](C)[C@@H](O)[C@@H](O)[C@@H]2O)[C@@H]1O. The molecule has 3 amide bonds. The van der Waals surface area contributed by atoms with Crippen LogP contribution in [0.25, 0.3) is 0 Å². The molecular formula is C44H75N3O31. The minimum absolute atomic E-state index is 0.267. The molecule has 0 bridgehead atoms. The normalized spacial score (nSPS) is 47.6. The topological polar surface area (TPSA) is 522 Å². The first-order valence-corrected chi connectivity index (χ1v) is 25.0. The molecule has 0 aromatic carbocycles. The van der Waals surface area contributed by atoms with E-state index in [1.54, 1.807) is 0 Å². The van der Waals surface area contributed by atoms with E-state index >= 15 is 0 Å². The van der Waals surface area contributed by atoms with E-state index in [-0.39, 0.29) is 6.41 Å². The summed E-state index contributed by atoms with van der Waals surface area (Å²) in [6.07, 6.45) is -50.4. The van der Waals surface area contributed by atoms with Crippen molar-refractivity contribution in [2.75, 3.05) is 39.6 Å². The van der Waals surface area contributed by atoms with Gasteiger partial charge in [0.25, 0.3) is 0 Å². The first-order valence-electron chi connectivity index (χ1n) is 25.0. The van der Waals surface area contributed by atoms with E-state index < -0.39 is 242 Å². The van der Waals surface area contributed by atoms with Gasteiger partial charge in [0, 0.05) is 13.8 Å². The molecule has 34 heteroatoms. The van der Waals surface area contributed by atoms with Gasteiger partial charge in [-0.2, -0.15) is 0 Å². The fourth-order valence-electron chi connectivity index (χ4n) is 9.69. The van der Waals surface area contributed by atoms with Crippen LogP contribution in [-0.4, -0.2) is 330 Å². The molecule has 6 aliphatic rings. The van der Waals surface area contributed by atoms with E-state index in [0.29, 0.717) is 0 Å². The van der Waals surface area contributed by atoms with E-state index in [4.69, 9.17) is 56.8 Å². The number of carbonyl (C=O) groups excluding carboxylic acids is 3. The summed E-state index contributed by atoms with van der Waals surface area (Å²) < 4.78 is 69.8. The highest BCUT2D eigenvalue weighted by Crippen LogP contribution is 2.36. The summed E-state index contributed by atoms with van der Waals surface area (Å²) >= 11 is 0. The van der Waals surface area contributed by atoms with Crippen molar-refractivity contribution in [3.63, 3.8) is 0 Å². The highest BCUT2D eigenvalue weighted by atomic mass is 16.8. The van der Waals surface area contributed by atoms with E-state index in [9.17, 15) is 96.1 Å². The summed E-state index contributed by atoms with van der Waals surface area (Å²) in [7, 11) is 0. The number of ether oxygens (including phenoxy) is 12. The van der Waals surface area contributed by atoms with Crippen molar-refractivity contribution >= 4 is 18.2 Å². The van der Waals surface area contributed by atoms with Gasteiger partial charge in [-0.3, -0.25) is 14.4 Å². The van der Waals surface area contributed by atoms with Crippen LogP contribution in [0.3, 0.4) is 0 Å². The third-order valence-electron chi connectivity index (χ3n) is 14.1. The number of rotatable bonds is 22. The van der Waals surface area contributed by atoms with Crippen LogP contribution < -0.4 is 16.0 Å². The second-order valence-corrected chi connectivity index (χ2v) is 19.7. The van der Waals surface area contributed by atoms with Crippen LogP contribution in [0.1, 0.15) is 27.7 Å². The molecule has 31 atom stereocenters. The number of aliphatic hydroxyl groups excluding tert-OH is 16. The van der Waals surface area contributed by atoms with E-state index in [2.05, 4.69) is 16.0 Å². The van der Waals surface area contributed by atoms with Crippen molar-refractivity contribution in [2.24, 2.45) is 0 Å². The molecule has 78 heavy (non-hydrogen) atoms. The maximum Gasteiger partial charge on any atom is 0.217 e. The number of carbonyl (C=O) groups is 3. The zero-order valence-corrected chi connectivity index (χ0v) is 42.5. The number of hydrogen-bond donors (Lipinski definition) is 19. The fraction of sp³-hybridized carbons (Fsp3) is 0.932. The molecule has 0 unspecified atom stereocenters. The molecule has 6 saturated heterocycles. The van der Waals surface area contributed by atoms with E-state index in [1.807, 2.05) is 0 Å². The summed E-state index contributed by atoms with van der Waals surface area (Å²) in [4.78, 5) is 36.3. The molecule has 0 aromatic heterocycles. The Balaban J connectivity index is 1.30. The van der Waals surface area contributed by atoms with Crippen LogP contribution in [-0.2, 0) is 71.2 Å². The van der Waals surface area contributed by atoms with Gasteiger partial charge < -0.3 is 154 Å². The van der Waals surface area contributed by atoms with Crippen LogP contribution in [0.15, 0.2) is 0 Å². The van der Waals surface area contributed by atoms with Gasteiger partial charge in [0.05, 0.1) is 57.9 Å². The Kier molecular flexibility index (Phi) is 23.6. The molecule has 6 heterocycles. The lowest BCUT2D eigenvalue weighted by molar-refractivity contribution is -0.384. The second kappa shape index (κ2) is 28.5. The Morgan fingerprint density at radius 3 is 1.40 bits per heavy atom. The summed E-state index contributed by atoms with van der Waals surface area (Å²) in [5.41, 5.74) is 0. The van der Waals surface area contributed by atoms with Gasteiger partial charge in [0.1, 0.15) is 134 Å². The summed E-state index contributed by atoms with van der Waals surface area (Å²) in [5, 5.41) is 181. The zero-order valence-electron chi connectivity index (χ0n) is 42.5. The Hall–Kier alpha value is -2.71. The van der Waals surface area contributed by atoms with Gasteiger partial charge in [0.2, 0.25) is 18.2 Å². The Morgan fingerprint density at radius 1 is 0.449 bits per heavy atom. The summed E-state index contributed by atoms with van der Waals surface area (Å²) in [5.74, 6) is -1.62. The number of amides is 3. The van der Waals surface area contributed by atoms with Crippen molar-refractivity contribution in [3.8, 4) is 0 Å². The Bertz CT molecular complexity index is 1890. The van der Waals surface area contributed by atoms with Gasteiger partial charge >= 0.3 is 0 Å². The van der Waals surface area contributed by atoms with Gasteiger partial charge in [-0.25, -0.2) is 0 Å². The molecule has 452 valence electrons. The summed E-state index contributed by atoms with van der Waals surface area (Å²) in [6, 6.07) is -4.38. The first-order chi connectivity index (χ1) is 36.9. The minimum Gasteiger partial charge on any atom is -0.394 e. The molecule has 6 fully saturated rings. The third-order valence-corrected chi connectivity index (χ3v) is 14.1. The van der Waals surface area contributed by atoms with Gasteiger partial charge in [0.15, 0.2) is 37.7 Å². The lowest BCUT2D eigenvalue weighted by Gasteiger charge is -2.50. The fourth-order valence-corrected chi connectivity index (χ4v) is 9.69. The van der Waals surface area contributed by atoms with Crippen molar-refractivity contribution in [3.05, 3.63) is 0 Å². The van der Waals surface area contributed by atoms with Crippen molar-refractivity contribution < 1.29 is 153 Å². The quantitative estimate of drug-likeness (QED) is 0.0448. The highest BCUT2D eigenvalue weighted by Gasteiger charge is 2.57. The lowest BCUT2D eigenvalue weighted by Crippen LogP contribution is -2.70. The molecule has 19 N–H and O–H groups in total. The molecule has 6 rings (SSSR count). The maximum absolute atomic E-state index is 12.7. The van der Waals surface area contributed by atoms with Crippen molar-refractivity contribution in [2.45, 2.75) is 218 Å². The predicted molar refractivity (Wildman–Crippen MR) is 243 cm³/mol. The van der Waals surface area contributed by atoms with E-state index in [1.165, 1.54) is 13.8 Å². The lowest BCUT2D eigenvalue weighted by atomic mass is 9.94. The second-order valence-electron chi connectivity index (χ2n) is 19.7. The number of hydrogen-bond acceptors (Lipinski definition) is 31. The molecule has 0 saturated carbocycles. The monoisotopic (exact) mass is 1140 g/mol. The molecule has 0 aliphatic carbocycles. The molecule has 6 aliphatic heterocycles. The van der Waals surface area contributed by atoms with Gasteiger partial charge in [-0.05, 0) is 13.8 Å². The number of nitrogens with one attached hydrogen (secondary N) is 3. The van der Waals surface area contributed by atoms with Crippen LogP contribution in [0.4, 0.5) is 0 Å². The van der Waals surface area contributed by atoms with E-state index in [0.717, 1.165) is 13.8 Å². The van der Waals surface area contributed by atoms with Gasteiger partial charge in [-0.1, -0.05) is 0 Å². The smallest absolute Gasteiger partial charge is 0.217 e.